The van der Waals surface area contributed by atoms with Crippen molar-refractivity contribution in [2.45, 2.75) is 6.92 Å². The Bertz CT molecular complexity index is 99.9. The molecule has 0 fully saturated rings. The molecule has 1 aliphatic heterocycles. The van der Waals surface area contributed by atoms with Crippen LogP contribution in [-0.4, -0.2) is 12.1 Å². The average molecular weight is 100 g/mol. The molecule has 0 aromatic rings. The van der Waals surface area contributed by atoms with Gasteiger partial charge in [0, 0.05) is 7.05 Å². The van der Waals surface area contributed by atoms with Gasteiger partial charge >= 0.3 is 0 Å². The van der Waals surface area contributed by atoms with Crippen molar-refractivity contribution >= 4 is 0 Å². The summed E-state index contributed by atoms with van der Waals surface area (Å²) >= 11 is 0. The van der Waals surface area contributed by atoms with Crippen LogP contribution >= 0.6 is 0 Å². The maximum absolute atomic E-state index is 4.80. The molecule has 1 N–H and O–H groups in total. The van der Waals surface area contributed by atoms with Crippen molar-refractivity contribution in [1.29, 1.82) is 0 Å². The largest absolute Gasteiger partial charge is 0.392 e. The highest BCUT2D eigenvalue weighted by atomic mass is 16.7. The molecular formula is C4H8N2O. The van der Waals surface area contributed by atoms with Crippen molar-refractivity contribution in [3.8, 4) is 0 Å². The van der Waals surface area contributed by atoms with Gasteiger partial charge in [-0.2, -0.15) is 0 Å². The maximum atomic E-state index is 4.80. The SMILES string of the molecule is CC1=CN(C)NO1. The van der Waals surface area contributed by atoms with Crippen LogP contribution in [0.4, 0.5) is 0 Å². The maximum Gasteiger partial charge on any atom is 0.140 e. The van der Waals surface area contributed by atoms with Crippen molar-refractivity contribution in [3.63, 3.8) is 0 Å². The van der Waals surface area contributed by atoms with Crippen molar-refractivity contribution in [2.75, 3.05) is 7.05 Å². The van der Waals surface area contributed by atoms with Crippen molar-refractivity contribution in [1.82, 2.24) is 10.6 Å². The van der Waals surface area contributed by atoms with Crippen molar-refractivity contribution in [3.05, 3.63) is 12.0 Å². The van der Waals surface area contributed by atoms with E-state index in [2.05, 4.69) is 5.59 Å². The van der Waals surface area contributed by atoms with Crippen LogP contribution < -0.4 is 5.59 Å². The number of hydrogen-bond donors (Lipinski definition) is 1. The predicted octanol–water partition coefficient (Wildman–Crippen LogP) is 0.229. The fraction of sp³-hybridized carbons (Fsp3) is 0.500. The van der Waals surface area contributed by atoms with E-state index in [0.717, 1.165) is 5.76 Å². The summed E-state index contributed by atoms with van der Waals surface area (Å²) in [6.45, 7) is 1.89. The lowest BCUT2D eigenvalue weighted by Gasteiger charge is -2.02. The quantitative estimate of drug-likeness (QED) is 0.471. The van der Waals surface area contributed by atoms with Crippen LogP contribution in [-0.2, 0) is 4.84 Å². The highest BCUT2D eigenvalue weighted by molar-refractivity contribution is 4.88. The fourth-order valence-electron chi connectivity index (χ4n) is 0.469. The Hall–Kier alpha value is -0.700. The Labute approximate surface area is 42.5 Å². The van der Waals surface area contributed by atoms with Crippen LogP contribution in [0.1, 0.15) is 6.92 Å². The van der Waals surface area contributed by atoms with Crippen LogP contribution in [0.2, 0.25) is 0 Å². The van der Waals surface area contributed by atoms with Gasteiger partial charge < -0.3 is 4.84 Å². The van der Waals surface area contributed by atoms with E-state index in [4.69, 9.17) is 4.84 Å². The Morgan fingerprint density at radius 1 is 1.86 bits per heavy atom. The third-order valence-corrected chi connectivity index (χ3v) is 0.726. The van der Waals surface area contributed by atoms with Gasteiger partial charge in [0.05, 0.1) is 6.20 Å². The first-order valence-electron chi connectivity index (χ1n) is 2.13. The molecule has 1 heterocycles. The molecule has 0 bridgehead atoms. The number of allylic oxidation sites excluding steroid dienone is 1. The lowest BCUT2D eigenvalue weighted by atomic mass is 10.6. The van der Waals surface area contributed by atoms with Crippen LogP contribution in [0.3, 0.4) is 0 Å². The zero-order chi connectivity index (χ0) is 5.28. The number of nitrogens with one attached hydrogen (secondary N) is 1. The minimum atomic E-state index is 0.891. The summed E-state index contributed by atoms with van der Waals surface area (Å²) in [5, 5.41) is 1.75. The molecular weight excluding hydrogens is 92.1 g/mol. The molecule has 0 aromatic carbocycles. The zero-order valence-electron chi connectivity index (χ0n) is 4.43. The number of hydrogen-bond acceptors (Lipinski definition) is 3. The van der Waals surface area contributed by atoms with E-state index >= 15 is 0 Å². The van der Waals surface area contributed by atoms with Gasteiger partial charge in [0.15, 0.2) is 0 Å². The van der Waals surface area contributed by atoms with Gasteiger partial charge in [-0.25, -0.2) is 0 Å². The highest BCUT2D eigenvalue weighted by Crippen LogP contribution is 1.99. The molecule has 3 nitrogen and oxygen atoms in total. The molecule has 3 heteroatoms. The second-order valence-electron chi connectivity index (χ2n) is 1.54. The molecule has 1 rings (SSSR count). The summed E-state index contributed by atoms with van der Waals surface area (Å²) in [6.07, 6.45) is 1.86. The summed E-state index contributed by atoms with van der Waals surface area (Å²) in [7, 11) is 1.87. The van der Waals surface area contributed by atoms with Gasteiger partial charge in [-0.3, -0.25) is 5.01 Å². The molecule has 1 aliphatic rings. The average Bonchev–Trinajstić information content (AvgIpc) is 1.87. The van der Waals surface area contributed by atoms with E-state index in [1.807, 2.05) is 20.2 Å². The summed E-state index contributed by atoms with van der Waals surface area (Å²) in [5.41, 5.74) is 2.61. The lowest BCUT2D eigenvalue weighted by molar-refractivity contribution is 0.0371. The number of nitrogens with zero attached hydrogens (tertiary/aromatic N) is 1. The fourth-order valence-corrected chi connectivity index (χ4v) is 0.469. The van der Waals surface area contributed by atoms with Crippen molar-refractivity contribution in [2.24, 2.45) is 0 Å². The molecule has 0 aromatic heterocycles. The van der Waals surface area contributed by atoms with E-state index in [0.29, 0.717) is 0 Å². The van der Waals surface area contributed by atoms with Crippen LogP contribution in [0.5, 0.6) is 0 Å². The van der Waals surface area contributed by atoms with Crippen molar-refractivity contribution < 1.29 is 4.84 Å². The minimum absolute atomic E-state index is 0.891. The molecule has 0 aliphatic carbocycles. The molecule has 0 spiro atoms. The summed E-state index contributed by atoms with van der Waals surface area (Å²) in [4.78, 5) is 4.80. The highest BCUT2D eigenvalue weighted by Gasteiger charge is 2.00. The van der Waals surface area contributed by atoms with Crippen LogP contribution in [0, 0.1) is 0 Å². The first-order chi connectivity index (χ1) is 3.29. The summed E-state index contributed by atoms with van der Waals surface area (Å²) in [6, 6.07) is 0. The molecule has 0 radical (unpaired) electrons. The third kappa shape index (κ3) is 0.838. The summed E-state index contributed by atoms with van der Waals surface area (Å²) < 4.78 is 0. The number of hydrazine groups is 1. The Morgan fingerprint density at radius 3 is 2.71 bits per heavy atom. The standard InChI is InChI=1S/C4H8N2O/c1-4-3-6(2)5-7-4/h3,5H,1-2H3. The molecule has 0 unspecified atom stereocenters. The first-order valence-corrected chi connectivity index (χ1v) is 2.13. The van der Waals surface area contributed by atoms with Gasteiger partial charge in [0.2, 0.25) is 0 Å². The van der Waals surface area contributed by atoms with E-state index in [1.165, 1.54) is 0 Å². The van der Waals surface area contributed by atoms with Gasteiger partial charge in [-0.15, -0.1) is 0 Å². The summed E-state index contributed by atoms with van der Waals surface area (Å²) in [5.74, 6) is 0.891. The molecule has 0 amide bonds. The molecule has 0 saturated carbocycles. The van der Waals surface area contributed by atoms with Gasteiger partial charge in [0.1, 0.15) is 5.76 Å². The first kappa shape index (κ1) is 4.46. The third-order valence-electron chi connectivity index (χ3n) is 0.726. The normalized spacial score (nSPS) is 19.1. The van der Waals surface area contributed by atoms with Gasteiger partial charge in [-0.1, -0.05) is 5.59 Å². The van der Waals surface area contributed by atoms with Crippen LogP contribution in [0.15, 0.2) is 12.0 Å². The monoisotopic (exact) mass is 100 g/mol. The van der Waals surface area contributed by atoms with Gasteiger partial charge in [-0.05, 0) is 6.92 Å². The minimum Gasteiger partial charge on any atom is -0.392 e. The van der Waals surface area contributed by atoms with E-state index in [1.54, 1.807) is 5.01 Å². The molecule has 0 atom stereocenters. The van der Waals surface area contributed by atoms with Gasteiger partial charge in [0.25, 0.3) is 0 Å². The predicted molar refractivity (Wildman–Crippen MR) is 25.7 cm³/mol. The van der Waals surface area contributed by atoms with E-state index in [-0.39, 0.29) is 0 Å². The van der Waals surface area contributed by atoms with E-state index < -0.39 is 0 Å². The lowest BCUT2D eigenvalue weighted by Crippen LogP contribution is -2.22. The van der Waals surface area contributed by atoms with Crippen LogP contribution in [0.25, 0.3) is 0 Å². The second kappa shape index (κ2) is 1.42. The zero-order valence-corrected chi connectivity index (χ0v) is 4.43. The second-order valence-corrected chi connectivity index (χ2v) is 1.54. The Balaban J connectivity index is 2.50. The Kier molecular flexibility index (Phi) is 0.906. The molecule has 40 valence electrons. The Morgan fingerprint density at radius 2 is 2.57 bits per heavy atom. The number of rotatable bonds is 0. The van der Waals surface area contributed by atoms with E-state index in [9.17, 15) is 0 Å². The molecule has 0 saturated heterocycles. The topological polar surface area (TPSA) is 24.5 Å². The molecule has 7 heavy (non-hydrogen) atoms. The smallest absolute Gasteiger partial charge is 0.140 e.